The van der Waals surface area contributed by atoms with Gasteiger partial charge in [0.2, 0.25) is 0 Å². The van der Waals surface area contributed by atoms with Crippen LogP contribution in [0.3, 0.4) is 0 Å². The first-order chi connectivity index (χ1) is 4.80. The van der Waals surface area contributed by atoms with Crippen molar-refractivity contribution in [1.82, 2.24) is 5.01 Å². The molecule has 10 heavy (non-hydrogen) atoms. The van der Waals surface area contributed by atoms with Crippen LogP contribution in [0.25, 0.3) is 0 Å². The molecule has 0 saturated heterocycles. The minimum atomic E-state index is 0.674. The Balaban J connectivity index is 0.000000371. The summed E-state index contributed by atoms with van der Waals surface area (Å²) in [6.07, 6.45) is 3.23. The standard InChI is InChI=1S/C5H7N3.C2H6/c1-5-6-3-4-7-8(5)2;1-2/h3-4H,1H2,2H3;1-2H3. The minimum Gasteiger partial charge on any atom is -0.251 e. The quantitative estimate of drug-likeness (QED) is 0.499. The van der Waals surface area contributed by atoms with Crippen LogP contribution in [0.15, 0.2) is 22.5 Å². The van der Waals surface area contributed by atoms with E-state index in [1.807, 2.05) is 13.8 Å². The van der Waals surface area contributed by atoms with Gasteiger partial charge in [-0.3, -0.25) is 5.01 Å². The molecule has 0 amide bonds. The normalized spacial score (nSPS) is 14.7. The molecule has 3 nitrogen and oxygen atoms in total. The molecule has 1 rings (SSSR count). The van der Waals surface area contributed by atoms with Crippen molar-refractivity contribution >= 4 is 12.4 Å². The van der Waals surface area contributed by atoms with Crippen LogP contribution in [0.4, 0.5) is 0 Å². The third-order valence-corrected chi connectivity index (χ3v) is 0.904. The van der Waals surface area contributed by atoms with E-state index in [0.717, 1.165) is 0 Å². The van der Waals surface area contributed by atoms with Gasteiger partial charge in [0.05, 0.1) is 6.21 Å². The molecule has 1 aliphatic heterocycles. The van der Waals surface area contributed by atoms with E-state index < -0.39 is 0 Å². The summed E-state index contributed by atoms with van der Waals surface area (Å²) in [4.78, 5) is 3.87. The maximum atomic E-state index is 3.87. The lowest BCUT2D eigenvalue weighted by molar-refractivity contribution is 0.444. The summed E-state index contributed by atoms with van der Waals surface area (Å²) in [7, 11) is 1.80. The van der Waals surface area contributed by atoms with E-state index >= 15 is 0 Å². The topological polar surface area (TPSA) is 28.0 Å². The molecule has 0 spiro atoms. The van der Waals surface area contributed by atoms with Crippen LogP contribution in [0.5, 0.6) is 0 Å². The zero-order valence-corrected chi connectivity index (χ0v) is 6.70. The molecule has 3 heteroatoms. The summed E-state index contributed by atoms with van der Waals surface area (Å²) in [6, 6.07) is 0. The highest BCUT2D eigenvalue weighted by Crippen LogP contribution is 2.00. The number of hydrogen-bond acceptors (Lipinski definition) is 3. The first kappa shape index (κ1) is 8.88. The first-order valence-corrected chi connectivity index (χ1v) is 3.30. The molecule has 0 N–H and O–H groups in total. The Bertz CT molecular complexity index is 158. The fourth-order valence-electron chi connectivity index (χ4n) is 0.399. The summed E-state index contributed by atoms with van der Waals surface area (Å²) >= 11 is 0. The molecule has 56 valence electrons. The van der Waals surface area contributed by atoms with Crippen LogP contribution >= 0.6 is 0 Å². The van der Waals surface area contributed by atoms with E-state index in [0.29, 0.717) is 5.82 Å². The predicted octanol–water partition coefficient (Wildman–Crippen LogP) is 1.49. The molecule has 0 radical (unpaired) electrons. The van der Waals surface area contributed by atoms with Gasteiger partial charge >= 0.3 is 0 Å². The molecule has 0 bridgehead atoms. The Hall–Kier alpha value is -1.12. The zero-order valence-electron chi connectivity index (χ0n) is 6.70. The second-order valence-electron chi connectivity index (χ2n) is 1.48. The average molecular weight is 139 g/mol. The molecule has 0 aromatic carbocycles. The lowest BCUT2D eigenvalue weighted by atomic mass is 10.7. The second kappa shape index (κ2) is 4.73. The molecule has 1 aliphatic rings. The first-order valence-electron chi connectivity index (χ1n) is 3.30. The Kier molecular flexibility index (Phi) is 4.20. The van der Waals surface area contributed by atoms with Crippen molar-refractivity contribution in [1.29, 1.82) is 0 Å². The highest BCUT2D eigenvalue weighted by molar-refractivity contribution is 6.16. The fourth-order valence-corrected chi connectivity index (χ4v) is 0.399. The third kappa shape index (κ3) is 2.44. The highest BCUT2D eigenvalue weighted by Gasteiger charge is 1.96. The van der Waals surface area contributed by atoms with Crippen molar-refractivity contribution in [2.75, 3.05) is 7.05 Å². The van der Waals surface area contributed by atoms with Crippen molar-refractivity contribution in [2.45, 2.75) is 13.8 Å². The van der Waals surface area contributed by atoms with E-state index in [4.69, 9.17) is 0 Å². The summed E-state index contributed by atoms with van der Waals surface area (Å²) < 4.78 is 0. The van der Waals surface area contributed by atoms with Gasteiger partial charge in [0.25, 0.3) is 0 Å². The largest absolute Gasteiger partial charge is 0.251 e. The number of hydrazone groups is 1. The molecule has 0 aliphatic carbocycles. The van der Waals surface area contributed by atoms with Gasteiger partial charge in [0.1, 0.15) is 5.82 Å². The van der Waals surface area contributed by atoms with Gasteiger partial charge in [-0.15, -0.1) is 0 Å². The van der Waals surface area contributed by atoms with Crippen molar-refractivity contribution < 1.29 is 0 Å². The maximum Gasteiger partial charge on any atom is 0.141 e. The Morgan fingerprint density at radius 1 is 1.40 bits per heavy atom. The van der Waals surface area contributed by atoms with Gasteiger partial charge < -0.3 is 0 Å². The second-order valence-corrected chi connectivity index (χ2v) is 1.48. The van der Waals surface area contributed by atoms with Crippen molar-refractivity contribution in [3.05, 3.63) is 12.4 Å². The summed E-state index contributed by atoms with van der Waals surface area (Å²) in [5.41, 5.74) is 0. The van der Waals surface area contributed by atoms with Crippen LogP contribution in [-0.4, -0.2) is 24.5 Å². The van der Waals surface area contributed by atoms with Gasteiger partial charge in [0.15, 0.2) is 0 Å². The van der Waals surface area contributed by atoms with E-state index in [1.54, 1.807) is 24.5 Å². The molecule has 0 fully saturated rings. The van der Waals surface area contributed by atoms with Crippen LogP contribution in [-0.2, 0) is 0 Å². The predicted molar refractivity (Wildman–Crippen MR) is 45.2 cm³/mol. The monoisotopic (exact) mass is 139 g/mol. The lowest BCUT2D eigenvalue weighted by Crippen LogP contribution is -2.11. The fraction of sp³-hybridized carbons (Fsp3) is 0.429. The van der Waals surface area contributed by atoms with Gasteiger partial charge in [-0.25, -0.2) is 4.99 Å². The van der Waals surface area contributed by atoms with Gasteiger partial charge in [0, 0.05) is 13.3 Å². The molecule has 1 heterocycles. The SMILES string of the molecule is C=C1N=CC=NN1C.CC. The molecule has 0 saturated carbocycles. The highest BCUT2D eigenvalue weighted by atomic mass is 15.5. The smallest absolute Gasteiger partial charge is 0.141 e. The number of hydrogen-bond donors (Lipinski definition) is 0. The summed E-state index contributed by atoms with van der Waals surface area (Å²) in [6.45, 7) is 7.61. The molecule has 0 unspecified atom stereocenters. The van der Waals surface area contributed by atoms with E-state index in [9.17, 15) is 0 Å². The van der Waals surface area contributed by atoms with Gasteiger partial charge in [-0.05, 0) is 0 Å². The lowest BCUT2D eigenvalue weighted by Gasteiger charge is -2.12. The van der Waals surface area contributed by atoms with Crippen LogP contribution < -0.4 is 0 Å². The zero-order chi connectivity index (χ0) is 7.98. The number of aliphatic imine (C=N–C) groups is 1. The minimum absolute atomic E-state index is 0.674. The van der Waals surface area contributed by atoms with Crippen molar-refractivity contribution in [3.63, 3.8) is 0 Å². The Morgan fingerprint density at radius 3 is 2.30 bits per heavy atom. The summed E-state index contributed by atoms with van der Waals surface area (Å²) in [5, 5.41) is 5.48. The third-order valence-electron chi connectivity index (χ3n) is 0.904. The Morgan fingerprint density at radius 2 is 2.00 bits per heavy atom. The van der Waals surface area contributed by atoms with Crippen molar-refractivity contribution in [2.24, 2.45) is 10.1 Å². The molecular weight excluding hydrogens is 126 g/mol. The van der Waals surface area contributed by atoms with Crippen molar-refractivity contribution in [3.8, 4) is 0 Å². The van der Waals surface area contributed by atoms with Gasteiger partial charge in [-0.1, -0.05) is 20.4 Å². The molecule has 0 atom stereocenters. The van der Waals surface area contributed by atoms with E-state index in [-0.39, 0.29) is 0 Å². The van der Waals surface area contributed by atoms with E-state index in [1.165, 1.54) is 0 Å². The van der Waals surface area contributed by atoms with Crippen LogP contribution in [0, 0.1) is 0 Å². The number of nitrogens with zero attached hydrogens (tertiary/aromatic N) is 3. The van der Waals surface area contributed by atoms with Crippen LogP contribution in [0.1, 0.15) is 13.8 Å². The molecule has 0 aromatic rings. The van der Waals surface area contributed by atoms with E-state index in [2.05, 4.69) is 16.7 Å². The average Bonchev–Trinajstić information content (AvgIpc) is 2.00. The Labute approximate surface area is 61.8 Å². The maximum absolute atomic E-state index is 3.87. The summed E-state index contributed by atoms with van der Waals surface area (Å²) in [5.74, 6) is 0.674. The molecule has 0 aromatic heterocycles. The number of rotatable bonds is 0. The van der Waals surface area contributed by atoms with Gasteiger partial charge in [-0.2, -0.15) is 5.10 Å². The molecular formula is C7H13N3. The van der Waals surface area contributed by atoms with Crippen LogP contribution in [0.2, 0.25) is 0 Å².